The summed E-state index contributed by atoms with van der Waals surface area (Å²) in [6, 6.07) is 11.7. The predicted octanol–water partition coefficient (Wildman–Crippen LogP) is 4.98. The van der Waals surface area contributed by atoms with Crippen LogP contribution in [0, 0.1) is 0 Å². The summed E-state index contributed by atoms with van der Waals surface area (Å²) < 4.78 is 5.91. The number of rotatable bonds is 4. The molecule has 1 unspecified atom stereocenters. The minimum Gasteiger partial charge on any atom is -0.467 e. The molecule has 0 N–H and O–H groups in total. The molecule has 3 rings (SSSR count). The van der Waals surface area contributed by atoms with Crippen LogP contribution in [0.2, 0.25) is 0 Å². The number of hydrogen-bond acceptors (Lipinski definition) is 4. The van der Waals surface area contributed by atoms with Crippen molar-refractivity contribution in [2.75, 3.05) is 18.6 Å². The number of benzene rings is 1. The van der Waals surface area contributed by atoms with E-state index < -0.39 is 0 Å². The first-order valence-corrected chi connectivity index (χ1v) is 9.90. The number of hydrogen-bond donors (Lipinski definition) is 0. The summed E-state index contributed by atoms with van der Waals surface area (Å²) in [5, 5.41) is 0. The lowest BCUT2D eigenvalue weighted by atomic mass is 10.1. The van der Waals surface area contributed by atoms with Crippen molar-refractivity contribution >= 4 is 29.4 Å². The smallest absolute Gasteiger partial charge is 0.254 e. The lowest BCUT2D eigenvalue weighted by molar-refractivity contribution is 0.0726. The van der Waals surface area contributed by atoms with Gasteiger partial charge in [-0.25, -0.2) is 0 Å². The zero-order chi connectivity index (χ0) is 16.2. The Morgan fingerprint density at radius 3 is 2.52 bits per heavy atom. The number of thioether (sulfide) groups is 2. The van der Waals surface area contributed by atoms with E-state index in [0.29, 0.717) is 4.58 Å². The molecule has 5 heteroatoms. The molecule has 2 aromatic rings. The second-order valence-electron chi connectivity index (χ2n) is 5.66. The van der Waals surface area contributed by atoms with Gasteiger partial charge in [-0.05, 0) is 54.7 Å². The highest BCUT2D eigenvalue weighted by Crippen LogP contribution is 2.43. The van der Waals surface area contributed by atoms with Crippen molar-refractivity contribution in [3.8, 4) is 0 Å². The van der Waals surface area contributed by atoms with E-state index in [1.165, 1.54) is 23.5 Å². The van der Waals surface area contributed by atoms with Gasteiger partial charge in [0.1, 0.15) is 5.76 Å². The molecule has 1 aromatic heterocycles. The van der Waals surface area contributed by atoms with E-state index in [-0.39, 0.29) is 11.9 Å². The molecule has 1 saturated heterocycles. The molecule has 0 saturated carbocycles. The van der Waals surface area contributed by atoms with Gasteiger partial charge in [-0.1, -0.05) is 12.1 Å². The van der Waals surface area contributed by atoms with Crippen LogP contribution in [0.25, 0.3) is 0 Å². The van der Waals surface area contributed by atoms with E-state index in [9.17, 15) is 4.79 Å². The van der Waals surface area contributed by atoms with Crippen LogP contribution >= 0.6 is 23.5 Å². The van der Waals surface area contributed by atoms with E-state index in [2.05, 4.69) is 12.1 Å². The highest BCUT2D eigenvalue weighted by Gasteiger charge is 2.21. The van der Waals surface area contributed by atoms with E-state index in [1.54, 1.807) is 11.2 Å². The Bertz CT molecular complexity index is 634. The van der Waals surface area contributed by atoms with Crippen molar-refractivity contribution in [1.82, 2.24) is 4.90 Å². The number of amides is 1. The van der Waals surface area contributed by atoms with E-state index in [4.69, 9.17) is 4.42 Å². The maximum Gasteiger partial charge on any atom is 0.254 e. The highest BCUT2D eigenvalue weighted by molar-refractivity contribution is 8.16. The molecular formula is C18H21NO2S2. The van der Waals surface area contributed by atoms with Crippen LogP contribution in [0.1, 0.15) is 45.7 Å². The van der Waals surface area contributed by atoms with Gasteiger partial charge in [0, 0.05) is 12.6 Å². The Balaban J connectivity index is 1.69. The largest absolute Gasteiger partial charge is 0.467 e. The molecule has 1 aromatic carbocycles. The number of carbonyl (C=O) groups excluding carboxylic acids is 1. The standard InChI is InChI=1S/C18H21NO2S2/c1-13(16-5-3-10-21-16)19(2)17(20)14-6-8-15(9-7-14)18-22-11-4-12-23-18/h3,5-10,13,18H,4,11-12H2,1-2H3. The highest BCUT2D eigenvalue weighted by atomic mass is 32.2. The molecule has 1 fully saturated rings. The zero-order valence-corrected chi connectivity index (χ0v) is 15.0. The first-order valence-electron chi connectivity index (χ1n) is 7.80. The third-order valence-corrected chi connectivity index (χ3v) is 7.13. The van der Waals surface area contributed by atoms with Crippen molar-refractivity contribution in [3.05, 3.63) is 59.5 Å². The van der Waals surface area contributed by atoms with Crippen molar-refractivity contribution < 1.29 is 9.21 Å². The molecule has 0 bridgehead atoms. The van der Waals surface area contributed by atoms with Gasteiger partial charge in [0.15, 0.2) is 0 Å². The SMILES string of the molecule is CC(c1ccco1)N(C)C(=O)c1ccc(C2SCCCS2)cc1. The summed E-state index contributed by atoms with van der Waals surface area (Å²) in [5.74, 6) is 3.26. The molecule has 0 radical (unpaired) electrons. The fourth-order valence-electron chi connectivity index (χ4n) is 2.56. The van der Waals surface area contributed by atoms with Gasteiger partial charge in [0.25, 0.3) is 5.91 Å². The Labute approximate surface area is 145 Å². The Hall–Kier alpha value is -1.33. The first kappa shape index (κ1) is 16.5. The van der Waals surface area contributed by atoms with Crippen LogP contribution in [-0.2, 0) is 0 Å². The number of carbonyl (C=O) groups is 1. The van der Waals surface area contributed by atoms with Crippen molar-refractivity contribution in [3.63, 3.8) is 0 Å². The molecule has 1 amide bonds. The lowest BCUT2D eigenvalue weighted by Crippen LogP contribution is -2.29. The van der Waals surface area contributed by atoms with Gasteiger partial charge in [-0.15, -0.1) is 23.5 Å². The summed E-state index contributed by atoms with van der Waals surface area (Å²) in [6.45, 7) is 1.97. The predicted molar refractivity (Wildman–Crippen MR) is 97.9 cm³/mol. The normalized spacial score (nSPS) is 17.0. The molecule has 0 aliphatic carbocycles. The second kappa shape index (κ2) is 7.49. The molecule has 3 nitrogen and oxygen atoms in total. The van der Waals surface area contributed by atoms with Crippen LogP contribution in [0.15, 0.2) is 47.1 Å². The van der Waals surface area contributed by atoms with Gasteiger partial charge < -0.3 is 9.32 Å². The molecule has 122 valence electrons. The van der Waals surface area contributed by atoms with Crippen molar-refractivity contribution in [2.45, 2.75) is 24.0 Å². The number of furan rings is 1. The zero-order valence-electron chi connectivity index (χ0n) is 13.4. The molecular weight excluding hydrogens is 326 g/mol. The quantitative estimate of drug-likeness (QED) is 0.781. The average Bonchev–Trinajstić information content (AvgIpc) is 3.15. The van der Waals surface area contributed by atoms with Gasteiger partial charge in [0.05, 0.1) is 16.9 Å². The van der Waals surface area contributed by atoms with Crippen LogP contribution in [0.5, 0.6) is 0 Å². The third-order valence-electron chi connectivity index (χ3n) is 4.11. The maximum atomic E-state index is 12.6. The van der Waals surface area contributed by atoms with Gasteiger partial charge in [-0.3, -0.25) is 4.79 Å². The monoisotopic (exact) mass is 347 g/mol. The van der Waals surface area contributed by atoms with E-state index in [1.807, 2.05) is 61.8 Å². The lowest BCUT2D eigenvalue weighted by Gasteiger charge is -2.24. The fourth-order valence-corrected chi connectivity index (χ4v) is 5.46. The van der Waals surface area contributed by atoms with Crippen LogP contribution in [0.4, 0.5) is 0 Å². The Morgan fingerprint density at radius 2 is 1.91 bits per heavy atom. The molecule has 23 heavy (non-hydrogen) atoms. The van der Waals surface area contributed by atoms with Crippen molar-refractivity contribution in [2.24, 2.45) is 0 Å². The summed E-state index contributed by atoms with van der Waals surface area (Å²) in [6.07, 6.45) is 2.93. The molecule has 1 aliphatic rings. The minimum absolute atomic E-state index is 0.0180. The first-order chi connectivity index (χ1) is 11.2. The van der Waals surface area contributed by atoms with Crippen LogP contribution in [-0.4, -0.2) is 29.4 Å². The molecule has 0 spiro atoms. The molecule has 1 aliphatic heterocycles. The summed E-state index contributed by atoms with van der Waals surface area (Å²) >= 11 is 3.99. The third kappa shape index (κ3) is 3.78. The minimum atomic E-state index is -0.0818. The molecule has 1 atom stereocenters. The summed E-state index contributed by atoms with van der Waals surface area (Å²) in [4.78, 5) is 14.4. The maximum absolute atomic E-state index is 12.6. The Kier molecular flexibility index (Phi) is 5.38. The van der Waals surface area contributed by atoms with Crippen molar-refractivity contribution in [1.29, 1.82) is 0 Å². The fraction of sp³-hybridized carbons (Fsp3) is 0.389. The van der Waals surface area contributed by atoms with Gasteiger partial charge in [0.2, 0.25) is 0 Å². The summed E-state index contributed by atoms with van der Waals surface area (Å²) in [7, 11) is 1.82. The van der Waals surface area contributed by atoms with E-state index in [0.717, 1.165) is 11.3 Å². The second-order valence-corrected chi connectivity index (χ2v) is 8.38. The van der Waals surface area contributed by atoms with Gasteiger partial charge >= 0.3 is 0 Å². The molecule has 2 heterocycles. The summed E-state index contributed by atoms with van der Waals surface area (Å²) in [5.41, 5.74) is 2.03. The Morgan fingerprint density at radius 1 is 1.22 bits per heavy atom. The van der Waals surface area contributed by atoms with Crippen LogP contribution in [0.3, 0.4) is 0 Å². The van der Waals surface area contributed by atoms with Gasteiger partial charge in [-0.2, -0.15) is 0 Å². The average molecular weight is 348 g/mol. The van der Waals surface area contributed by atoms with E-state index >= 15 is 0 Å². The topological polar surface area (TPSA) is 33.5 Å². The van der Waals surface area contributed by atoms with Crippen LogP contribution < -0.4 is 0 Å². The number of nitrogens with zero attached hydrogens (tertiary/aromatic N) is 1.